The van der Waals surface area contributed by atoms with Crippen LogP contribution in [0.25, 0.3) is 10.9 Å². The Hall–Kier alpha value is -3.93. The van der Waals surface area contributed by atoms with Crippen LogP contribution in [0, 0.1) is 0 Å². The number of rotatable bonds is 15. The van der Waals surface area contributed by atoms with Gasteiger partial charge in [0.15, 0.2) is 0 Å². The van der Waals surface area contributed by atoms with Crippen molar-refractivity contribution in [2.45, 2.75) is 57.2 Å². The number of carboxylic acids is 2. The topological polar surface area (TPSA) is 181 Å². The molecule has 6 N–H and O–H groups in total. The number of H-pyrrole nitrogens is 1. The fourth-order valence-corrected chi connectivity index (χ4v) is 4.07. The summed E-state index contributed by atoms with van der Waals surface area (Å²) in [5, 5.41) is 26.9. The Kier molecular flexibility index (Phi) is 11.1. The molecule has 2 aromatic rings. The van der Waals surface area contributed by atoms with Gasteiger partial charge in [-0.05, 0) is 25.1 Å². The summed E-state index contributed by atoms with van der Waals surface area (Å²) in [7, 11) is 3.02. The number of nitrogens with one attached hydrogen (secondary N) is 4. The number of para-hydroxylation sites is 1. The van der Waals surface area contributed by atoms with Crippen LogP contribution in [-0.2, 0) is 30.4 Å². The van der Waals surface area contributed by atoms with Crippen molar-refractivity contribution < 1.29 is 34.2 Å². The summed E-state index contributed by atoms with van der Waals surface area (Å²) >= 11 is 0. The van der Waals surface area contributed by atoms with Gasteiger partial charge in [0.05, 0.1) is 13.0 Å². The Morgan fingerprint density at radius 1 is 1.05 bits per heavy atom. The van der Waals surface area contributed by atoms with Crippen LogP contribution >= 0.6 is 0 Å². The van der Waals surface area contributed by atoms with Gasteiger partial charge in [-0.25, -0.2) is 4.79 Å². The predicted molar refractivity (Wildman–Crippen MR) is 136 cm³/mol. The quantitative estimate of drug-likeness (QED) is 0.197. The monoisotopic (exact) mass is 517 g/mol. The standard InChI is InChI=1S/C25H35N5O7/c1-4-5-10-20(23(34)29-19(25(36)37)12-22(32)33)30(3)24(35)18(28-21(31)14-26-2)11-15-13-27-17-9-7-6-8-16(15)17/h6-9,13,18-20,26-27H,4-5,10-12,14H2,1-3H3,(H,28,31)(H,29,34)(H,32,33)(H,36,37)/t18-,19-,20-/m0/s1. The molecule has 37 heavy (non-hydrogen) atoms. The smallest absolute Gasteiger partial charge is 0.326 e. The summed E-state index contributed by atoms with van der Waals surface area (Å²) in [5.74, 6) is -4.58. The van der Waals surface area contributed by atoms with E-state index in [-0.39, 0.29) is 19.4 Å². The zero-order valence-corrected chi connectivity index (χ0v) is 21.2. The SMILES string of the molecule is CCCC[C@@H](C(=O)N[C@@H](CC(=O)O)C(=O)O)N(C)C(=O)[C@H](Cc1c[nH]c2ccccc12)NC(=O)CNC. The molecule has 1 aromatic heterocycles. The van der Waals surface area contributed by atoms with Crippen LogP contribution in [0.3, 0.4) is 0 Å². The van der Waals surface area contributed by atoms with Crippen molar-refractivity contribution in [1.82, 2.24) is 25.8 Å². The molecule has 12 nitrogen and oxygen atoms in total. The number of amides is 3. The van der Waals surface area contributed by atoms with E-state index in [4.69, 9.17) is 5.11 Å². The minimum absolute atomic E-state index is 0.0173. The summed E-state index contributed by atoms with van der Waals surface area (Å²) < 4.78 is 0. The van der Waals surface area contributed by atoms with Crippen LogP contribution in [0.2, 0.25) is 0 Å². The van der Waals surface area contributed by atoms with E-state index in [9.17, 15) is 29.1 Å². The summed E-state index contributed by atoms with van der Waals surface area (Å²) in [6.07, 6.45) is 2.62. The molecule has 0 aliphatic rings. The Labute approximate surface area is 214 Å². The van der Waals surface area contributed by atoms with Crippen molar-refractivity contribution in [3.05, 3.63) is 36.0 Å². The molecule has 202 valence electrons. The second-order valence-corrected chi connectivity index (χ2v) is 8.82. The number of hydrogen-bond donors (Lipinski definition) is 6. The molecule has 1 aromatic carbocycles. The first-order valence-electron chi connectivity index (χ1n) is 12.1. The highest BCUT2D eigenvalue weighted by molar-refractivity contribution is 5.95. The van der Waals surface area contributed by atoms with Gasteiger partial charge in [0.25, 0.3) is 0 Å². The highest BCUT2D eigenvalue weighted by Crippen LogP contribution is 2.20. The molecular formula is C25H35N5O7. The van der Waals surface area contributed by atoms with Crippen LogP contribution < -0.4 is 16.0 Å². The summed E-state index contributed by atoms with van der Waals surface area (Å²) in [5.41, 5.74) is 1.67. The molecule has 0 fully saturated rings. The molecule has 0 spiro atoms. The number of aromatic nitrogens is 1. The molecule has 3 atom stereocenters. The lowest BCUT2D eigenvalue weighted by Crippen LogP contribution is -2.57. The highest BCUT2D eigenvalue weighted by Gasteiger charge is 2.34. The molecule has 0 aliphatic heterocycles. The first-order chi connectivity index (χ1) is 17.6. The number of carbonyl (C=O) groups is 5. The second kappa shape index (κ2) is 14.0. The zero-order chi connectivity index (χ0) is 27.5. The van der Waals surface area contributed by atoms with E-state index < -0.39 is 54.2 Å². The van der Waals surface area contributed by atoms with E-state index in [1.165, 1.54) is 11.9 Å². The first kappa shape index (κ1) is 29.3. The highest BCUT2D eigenvalue weighted by atomic mass is 16.4. The largest absolute Gasteiger partial charge is 0.481 e. The number of aromatic amines is 1. The van der Waals surface area contributed by atoms with Gasteiger partial charge in [0, 0.05) is 30.6 Å². The Morgan fingerprint density at radius 3 is 2.38 bits per heavy atom. The number of benzene rings is 1. The minimum atomic E-state index is -1.64. The van der Waals surface area contributed by atoms with Crippen molar-refractivity contribution >= 4 is 40.6 Å². The number of hydrogen-bond acceptors (Lipinski definition) is 6. The third-order valence-electron chi connectivity index (χ3n) is 6.01. The molecule has 2 rings (SSSR count). The number of aliphatic carboxylic acids is 2. The molecule has 0 unspecified atom stereocenters. The molecule has 3 amide bonds. The predicted octanol–water partition coefficient (Wildman–Crippen LogP) is 0.476. The van der Waals surface area contributed by atoms with Crippen LogP contribution in [0.5, 0.6) is 0 Å². The first-order valence-corrected chi connectivity index (χ1v) is 12.1. The van der Waals surface area contributed by atoms with Gasteiger partial charge in [0.2, 0.25) is 17.7 Å². The number of carbonyl (C=O) groups excluding carboxylic acids is 3. The van der Waals surface area contributed by atoms with Crippen LogP contribution in [0.1, 0.15) is 38.2 Å². The van der Waals surface area contributed by atoms with Crippen molar-refractivity contribution in [3.63, 3.8) is 0 Å². The van der Waals surface area contributed by atoms with Gasteiger partial charge in [-0.3, -0.25) is 19.2 Å². The summed E-state index contributed by atoms with van der Waals surface area (Å²) in [4.78, 5) is 66.0. The van der Waals surface area contributed by atoms with E-state index in [1.807, 2.05) is 31.2 Å². The Morgan fingerprint density at radius 2 is 1.76 bits per heavy atom. The lowest BCUT2D eigenvalue weighted by atomic mass is 10.0. The Balaban J connectivity index is 2.32. The van der Waals surface area contributed by atoms with Gasteiger partial charge < -0.3 is 36.0 Å². The van der Waals surface area contributed by atoms with Gasteiger partial charge in [-0.15, -0.1) is 0 Å². The van der Waals surface area contributed by atoms with Gasteiger partial charge in [-0.1, -0.05) is 38.0 Å². The van der Waals surface area contributed by atoms with Gasteiger partial charge in [-0.2, -0.15) is 0 Å². The van der Waals surface area contributed by atoms with Crippen LogP contribution in [0.15, 0.2) is 30.5 Å². The van der Waals surface area contributed by atoms with E-state index in [0.717, 1.165) is 16.5 Å². The lowest BCUT2D eigenvalue weighted by molar-refractivity contribution is -0.148. The molecule has 0 radical (unpaired) electrons. The van der Waals surface area contributed by atoms with Crippen molar-refractivity contribution in [2.75, 3.05) is 20.6 Å². The van der Waals surface area contributed by atoms with Crippen molar-refractivity contribution in [3.8, 4) is 0 Å². The fourth-order valence-electron chi connectivity index (χ4n) is 4.07. The molecular weight excluding hydrogens is 482 g/mol. The third kappa shape index (κ3) is 8.31. The lowest BCUT2D eigenvalue weighted by Gasteiger charge is -2.31. The average Bonchev–Trinajstić information content (AvgIpc) is 3.25. The van der Waals surface area contributed by atoms with Crippen LogP contribution in [-0.4, -0.2) is 88.5 Å². The van der Waals surface area contributed by atoms with Crippen molar-refractivity contribution in [1.29, 1.82) is 0 Å². The summed E-state index contributed by atoms with van der Waals surface area (Å²) in [6, 6.07) is 3.82. The number of unbranched alkanes of at least 4 members (excludes halogenated alkanes) is 1. The fraction of sp³-hybridized carbons (Fsp3) is 0.480. The van der Waals surface area contributed by atoms with Crippen molar-refractivity contribution in [2.24, 2.45) is 0 Å². The van der Waals surface area contributed by atoms with E-state index in [2.05, 4.69) is 20.9 Å². The minimum Gasteiger partial charge on any atom is -0.481 e. The van der Waals surface area contributed by atoms with Gasteiger partial charge in [0.1, 0.15) is 18.1 Å². The average molecular weight is 518 g/mol. The molecule has 0 bridgehead atoms. The maximum Gasteiger partial charge on any atom is 0.326 e. The molecule has 0 saturated heterocycles. The second-order valence-electron chi connectivity index (χ2n) is 8.82. The molecule has 0 aliphatic carbocycles. The van der Waals surface area contributed by atoms with Crippen LogP contribution in [0.4, 0.5) is 0 Å². The van der Waals surface area contributed by atoms with Gasteiger partial charge >= 0.3 is 11.9 Å². The van der Waals surface area contributed by atoms with E-state index in [0.29, 0.717) is 12.8 Å². The van der Waals surface area contributed by atoms with E-state index >= 15 is 0 Å². The third-order valence-corrected chi connectivity index (χ3v) is 6.01. The summed E-state index contributed by atoms with van der Waals surface area (Å²) in [6.45, 7) is 1.88. The zero-order valence-electron chi connectivity index (χ0n) is 21.2. The number of carboxylic acid groups (broad SMARTS) is 2. The Bertz CT molecular complexity index is 1120. The van der Waals surface area contributed by atoms with E-state index in [1.54, 1.807) is 13.2 Å². The maximum absolute atomic E-state index is 13.6. The molecule has 12 heteroatoms. The number of fused-ring (bicyclic) bond motifs is 1. The number of nitrogens with zero attached hydrogens (tertiary/aromatic N) is 1. The maximum atomic E-state index is 13.6. The normalized spacial score (nSPS) is 13.4. The number of likely N-dealkylation sites (N-methyl/N-ethyl adjacent to an activating group) is 2. The molecule has 1 heterocycles. The molecule has 0 saturated carbocycles.